The molecule has 5 unspecified atom stereocenters. The highest BCUT2D eigenvalue weighted by Gasteiger charge is 2.49. The molecule has 0 amide bonds. The first-order chi connectivity index (χ1) is 15.1. The number of alkyl halides is 3. The highest BCUT2D eigenvalue weighted by Crippen LogP contribution is 2.43. The normalized spacial score (nSPS) is 39.3. The monoisotopic (exact) mass is 483 g/mol. The second kappa shape index (κ2) is 10.0. The van der Waals surface area contributed by atoms with Crippen LogP contribution in [0.15, 0.2) is 0 Å². The zero-order chi connectivity index (χ0) is 22.9. The van der Waals surface area contributed by atoms with E-state index in [0.29, 0.717) is 25.5 Å². The lowest BCUT2D eigenvalue weighted by molar-refractivity contribution is -0.185. The maximum Gasteiger partial charge on any atom is 0.391 e. The molecule has 8 nitrogen and oxygen atoms in total. The summed E-state index contributed by atoms with van der Waals surface area (Å²) in [6.45, 7) is 1.84. The number of hydrogen-bond acceptors (Lipinski definition) is 7. The molecular weight excluding hydrogens is 447 g/mol. The first-order valence-electron chi connectivity index (χ1n) is 11.8. The molecule has 0 bridgehead atoms. The standard InChI is InChI=1S/C20H36F3N5O3S/c1-32(29,30)25-11-18-17-10-16(31-12-14-8-9-24-26-14)6-7-19(17)28(27-18)15-4-2-13(3-5-15)20(21,22)23/h13-19,24-27H,2-12H2,1H3. The van der Waals surface area contributed by atoms with Crippen molar-refractivity contribution < 1.29 is 26.3 Å². The van der Waals surface area contributed by atoms with Gasteiger partial charge in [0.15, 0.2) is 0 Å². The van der Waals surface area contributed by atoms with Gasteiger partial charge in [-0.05, 0) is 57.3 Å². The number of hydrogen-bond donors (Lipinski definition) is 4. The van der Waals surface area contributed by atoms with Gasteiger partial charge in [0.2, 0.25) is 10.0 Å². The zero-order valence-corrected chi connectivity index (χ0v) is 19.4. The van der Waals surface area contributed by atoms with Crippen molar-refractivity contribution in [3.05, 3.63) is 0 Å². The Morgan fingerprint density at radius 1 is 1.09 bits per heavy atom. The van der Waals surface area contributed by atoms with Crippen molar-refractivity contribution in [2.24, 2.45) is 11.8 Å². The molecule has 12 heteroatoms. The minimum Gasteiger partial charge on any atom is -0.377 e. The van der Waals surface area contributed by atoms with Gasteiger partial charge >= 0.3 is 6.18 Å². The number of nitrogens with zero attached hydrogens (tertiary/aromatic N) is 1. The van der Waals surface area contributed by atoms with Gasteiger partial charge in [0.1, 0.15) is 0 Å². The van der Waals surface area contributed by atoms with Crippen LogP contribution >= 0.6 is 0 Å². The van der Waals surface area contributed by atoms with E-state index in [1.165, 1.54) is 0 Å². The highest BCUT2D eigenvalue weighted by molar-refractivity contribution is 7.88. The first-order valence-corrected chi connectivity index (χ1v) is 13.6. The third-order valence-electron chi connectivity index (χ3n) is 7.58. The van der Waals surface area contributed by atoms with Gasteiger partial charge < -0.3 is 4.74 Å². The van der Waals surface area contributed by atoms with Crippen molar-refractivity contribution in [3.63, 3.8) is 0 Å². The Morgan fingerprint density at radius 3 is 2.47 bits per heavy atom. The van der Waals surface area contributed by atoms with Crippen molar-refractivity contribution in [1.29, 1.82) is 0 Å². The summed E-state index contributed by atoms with van der Waals surface area (Å²) in [6.07, 6.45) is 2.11. The smallest absolute Gasteiger partial charge is 0.377 e. The van der Waals surface area contributed by atoms with Crippen LogP contribution in [0.1, 0.15) is 51.4 Å². The molecule has 0 aromatic carbocycles. The minimum absolute atomic E-state index is 0.0514. The van der Waals surface area contributed by atoms with Crippen LogP contribution in [-0.4, -0.2) is 75.8 Å². The van der Waals surface area contributed by atoms with Crippen molar-refractivity contribution in [2.45, 2.75) is 87.8 Å². The van der Waals surface area contributed by atoms with E-state index in [4.69, 9.17) is 4.74 Å². The van der Waals surface area contributed by atoms with Crippen LogP contribution in [0, 0.1) is 11.8 Å². The maximum absolute atomic E-state index is 13.1. The van der Waals surface area contributed by atoms with Crippen LogP contribution in [-0.2, 0) is 14.8 Å². The third kappa shape index (κ3) is 6.13. The predicted molar refractivity (Wildman–Crippen MR) is 114 cm³/mol. The van der Waals surface area contributed by atoms with Crippen molar-refractivity contribution in [2.75, 3.05) is 26.0 Å². The molecule has 4 N–H and O–H groups in total. The van der Waals surface area contributed by atoms with Crippen molar-refractivity contribution >= 4 is 10.0 Å². The molecular formula is C20H36F3N5O3S. The molecule has 0 aromatic rings. The second-order valence-corrected chi connectivity index (χ2v) is 11.7. The summed E-state index contributed by atoms with van der Waals surface area (Å²) in [6, 6.07) is 0.459. The van der Waals surface area contributed by atoms with Crippen LogP contribution in [0.3, 0.4) is 0 Å². The van der Waals surface area contributed by atoms with Crippen LogP contribution < -0.4 is 21.0 Å². The Labute approximate surface area is 188 Å². The molecule has 0 radical (unpaired) electrons. The molecule has 0 aromatic heterocycles. The van der Waals surface area contributed by atoms with Gasteiger partial charge in [-0.15, -0.1) is 0 Å². The Hall–Kier alpha value is -0.500. The molecule has 2 saturated carbocycles. The molecule has 5 atom stereocenters. The lowest BCUT2D eigenvalue weighted by atomic mass is 9.78. The SMILES string of the molecule is CS(=O)(=O)NCC1NN(C2CCC(C(F)(F)F)CC2)C2CCC(OCC3CCNN3)CC12. The van der Waals surface area contributed by atoms with Gasteiger partial charge in [0, 0.05) is 37.3 Å². The third-order valence-corrected chi connectivity index (χ3v) is 8.27. The van der Waals surface area contributed by atoms with E-state index in [0.717, 1.165) is 38.5 Å². The van der Waals surface area contributed by atoms with Crippen LogP contribution in [0.2, 0.25) is 0 Å². The topological polar surface area (TPSA) is 94.7 Å². The predicted octanol–water partition coefficient (Wildman–Crippen LogP) is 1.27. The molecule has 2 heterocycles. The van der Waals surface area contributed by atoms with Gasteiger partial charge in [0.25, 0.3) is 0 Å². The second-order valence-electron chi connectivity index (χ2n) is 9.87. The Kier molecular flexibility index (Phi) is 7.70. The molecule has 186 valence electrons. The molecule has 2 aliphatic heterocycles. The lowest BCUT2D eigenvalue weighted by Crippen LogP contribution is -2.50. The van der Waals surface area contributed by atoms with E-state index in [1.807, 2.05) is 0 Å². The molecule has 32 heavy (non-hydrogen) atoms. The van der Waals surface area contributed by atoms with Gasteiger partial charge in [-0.3, -0.25) is 10.9 Å². The highest BCUT2D eigenvalue weighted by atomic mass is 32.2. The molecule has 4 rings (SSSR count). The van der Waals surface area contributed by atoms with Crippen LogP contribution in [0.4, 0.5) is 13.2 Å². The summed E-state index contributed by atoms with van der Waals surface area (Å²) in [5, 5.41) is 2.17. The summed E-state index contributed by atoms with van der Waals surface area (Å²) in [7, 11) is -3.33. The van der Waals surface area contributed by atoms with Crippen molar-refractivity contribution in [1.82, 2.24) is 26.0 Å². The number of nitrogens with one attached hydrogen (secondary N) is 4. The molecule has 4 aliphatic rings. The Balaban J connectivity index is 1.38. The minimum atomic E-state index is -4.12. The summed E-state index contributed by atoms with van der Waals surface area (Å²) < 4.78 is 71.5. The summed E-state index contributed by atoms with van der Waals surface area (Å²) in [4.78, 5) is 0. The van der Waals surface area contributed by atoms with E-state index in [9.17, 15) is 21.6 Å². The summed E-state index contributed by atoms with van der Waals surface area (Å²) >= 11 is 0. The maximum atomic E-state index is 13.1. The van der Waals surface area contributed by atoms with E-state index < -0.39 is 22.1 Å². The first kappa shape index (κ1) is 24.6. The van der Waals surface area contributed by atoms with E-state index in [1.54, 1.807) is 0 Å². The van der Waals surface area contributed by atoms with E-state index in [-0.39, 0.29) is 49.5 Å². The number of fused-ring (bicyclic) bond motifs is 1. The largest absolute Gasteiger partial charge is 0.391 e. The van der Waals surface area contributed by atoms with E-state index >= 15 is 0 Å². The fraction of sp³-hybridized carbons (Fsp3) is 1.00. The molecule has 4 fully saturated rings. The quantitative estimate of drug-likeness (QED) is 0.433. The van der Waals surface area contributed by atoms with Gasteiger partial charge in [-0.1, -0.05) is 0 Å². The number of halogens is 3. The van der Waals surface area contributed by atoms with Crippen LogP contribution in [0.25, 0.3) is 0 Å². The van der Waals surface area contributed by atoms with Gasteiger partial charge in [-0.2, -0.15) is 13.2 Å². The summed E-state index contributed by atoms with van der Waals surface area (Å²) in [5.41, 5.74) is 9.80. The fourth-order valence-electron chi connectivity index (χ4n) is 5.87. The number of ether oxygens (including phenoxy) is 1. The fourth-order valence-corrected chi connectivity index (χ4v) is 6.35. The average molecular weight is 484 g/mol. The number of hydrazine groups is 2. The van der Waals surface area contributed by atoms with E-state index in [2.05, 4.69) is 26.0 Å². The van der Waals surface area contributed by atoms with Gasteiger partial charge in [0.05, 0.1) is 24.9 Å². The number of sulfonamides is 1. The molecule has 2 aliphatic carbocycles. The Bertz CT molecular complexity index is 726. The average Bonchev–Trinajstić information content (AvgIpc) is 3.37. The van der Waals surface area contributed by atoms with Crippen LogP contribution in [0.5, 0.6) is 0 Å². The van der Waals surface area contributed by atoms with Gasteiger partial charge in [-0.25, -0.2) is 23.6 Å². The Morgan fingerprint density at radius 2 is 1.84 bits per heavy atom. The number of rotatable bonds is 7. The zero-order valence-electron chi connectivity index (χ0n) is 18.5. The lowest BCUT2D eigenvalue weighted by Gasteiger charge is -2.41. The summed E-state index contributed by atoms with van der Waals surface area (Å²) in [5.74, 6) is -1.01. The molecule has 2 saturated heterocycles. The van der Waals surface area contributed by atoms with Crippen molar-refractivity contribution in [3.8, 4) is 0 Å². The molecule has 0 spiro atoms.